The van der Waals surface area contributed by atoms with Crippen LogP contribution in [0.5, 0.6) is 0 Å². The molecule has 7 nitrogen and oxygen atoms in total. The molecule has 0 bridgehead atoms. The summed E-state index contributed by atoms with van der Waals surface area (Å²) in [5, 5.41) is 3.47. The van der Waals surface area contributed by atoms with Crippen molar-refractivity contribution in [3.63, 3.8) is 0 Å². The van der Waals surface area contributed by atoms with Crippen molar-refractivity contribution < 1.29 is 18.0 Å². The van der Waals surface area contributed by atoms with E-state index >= 15 is 0 Å². The number of sulfonamides is 1. The van der Waals surface area contributed by atoms with Crippen molar-refractivity contribution in [3.8, 4) is 0 Å². The fourth-order valence-corrected chi connectivity index (χ4v) is 6.05. The number of carbonyl (C=O) groups excluding carboxylic acids is 2. The van der Waals surface area contributed by atoms with E-state index in [4.69, 9.17) is 11.6 Å². The molecule has 3 aromatic rings. The summed E-state index contributed by atoms with van der Waals surface area (Å²) in [6, 6.07) is 21.9. The second-order valence-corrected chi connectivity index (χ2v) is 13.0. The Bertz CT molecular complexity index is 1450. The lowest BCUT2D eigenvalue weighted by molar-refractivity contribution is -0.141. The van der Waals surface area contributed by atoms with Crippen molar-refractivity contribution in [2.45, 2.75) is 65.5 Å². The first kappa shape index (κ1) is 33.1. The van der Waals surface area contributed by atoms with Gasteiger partial charge in [-0.25, -0.2) is 8.42 Å². The maximum Gasteiger partial charge on any atom is 0.243 e. The molecule has 0 saturated carbocycles. The van der Waals surface area contributed by atoms with Gasteiger partial charge < -0.3 is 10.2 Å². The van der Waals surface area contributed by atoms with Crippen molar-refractivity contribution in [3.05, 3.63) is 100 Å². The van der Waals surface area contributed by atoms with E-state index in [1.807, 2.05) is 68.4 Å². The molecule has 0 aliphatic heterocycles. The highest BCUT2D eigenvalue weighted by molar-refractivity contribution is 7.92. The fourth-order valence-electron chi connectivity index (χ4n) is 4.86. The molecular weight excluding hydrogens is 570 g/mol. The molecule has 42 heavy (non-hydrogen) atoms. The number of amides is 2. The number of hydrogen-bond acceptors (Lipinski definition) is 4. The molecule has 9 heteroatoms. The zero-order chi connectivity index (χ0) is 30.7. The van der Waals surface area contributed by atoms with E-state index in [-0.39, 0.29) is 37.7 Å². The van der Waals surface area contributed by atoms with Crippen LogP contribution >= 0.6 is 11.6 Å². The Morgan fingerprint density at radius 1 is 0.929 bits per heavy atom. The summed E-state index contributed by atoms with van der Waals surface area (Å²) in [5.41, 5.74) is 4.20. The van der Waals surface area contributed by atoms with E-state index in [0.717, 1.165) is 41.4 Å². The summed E-state index contributed by atoms with van der Waals surface area (Å²) in [5.74, 6) is -0.400. The fraction of sp³-hybridized carbons (Fsp3) is 0.394. The zero-order valence-corrected chi connectivity index (χ0v) is 26.5. The number of benzene rings is 3. The van der Waals surface area contributed by atoms with E-state index < -0.39 is 16.1 Å². The van der Waals surface area contributed by atoms with Gasteiger partial charge in [0.1, 0.15) is 6.04 Å². The first-order valence-electron chi connectivity index (χ1n) is 14.4. The topological polar surface area (TPSA) is 86.8 Å². The molecule has 0 saturated heterocycles. The first-order valence-corrected chi connectivity index (χ1v) is 16.6. The zero-order valence-electron chi connectivity index (χ0n) is 25.0. The lowest BCUT2D eigenvalue weighted by Gasteiger charge is -2.32. The molecule has 226 valence electrons. The number of nitrogens with zero attached hydrogens (tertiary/aromatic N) is 2. The Labute approximate surface area is 255 Å². The first-order chi connectivity index (χ1) is 20.0. The van der Waals surface area contributed by atoms with Crippen LogP contribution < -0.4 is 9.62 Å². The Hall–Kier alpha value is -3.36. The third kappa shape index (κ3) is 9.60. The molecule has 0 fully saturated rings. The summed E-state index contributed by atoms with van der Waals surface area (Å²) in [6.45, 7) is 6.79. The molecule has 0 aromatic heterocycles. The quantitative estimate of drug-likeness (QED) is 0.212. The standard InChI is InChI=1S/C33H42ClN3O4S/c1-5-6-20-35-33(39)31(22-27-14-8-7-9-15-27)36(24-28-16-11-10-13-25(28)2)32(38)17-12-21-37(42(4,40)41)30-23-29(34)19-18-26(30)3/h7-11,13-16,18-19,23,31H,5-6,12,17,20-22,24H2,1-4H3,(H,35,39). The van der Waals surface area contributed by atoms with Gasteiger partial charge in [0.05, 0.1) is 11.9 Å². The second-order valence-electron chi connectivity index (χ2n) is 10.7. The Kier molecular flexibility index (Phi) is 12.4. The normalized spacial score (nSPS) is 12.0. The number of hydrogen-bond donors (Lipinski definition) is 1. The average Bonchev–Trinajstić information content (AvgIpc) is 2.95. The van der Waals surface area contributed by atoms with Gasteiger partial charge >= 0.3 is 0 Å². The molecule has 0 aliphatic carbocycles. The van der Waals surface area contributed by atoms with E-state index in [0.29, 0.717) is 23.7 Å². The van der Waals surface area contributed by atoms with Crippen molar-refractivity contribution in [1.82, 2.24) is 10.2 Å². The molecule has 3 aromatic carbocycles. The predicted octanol–water partition coefficient (Wildman–Crippen LogP) is 6.06. The van der Waals surface area contributed by atoms with Crippen LogP contribution in [0.25, 0.3) is 0 Å². The number of nitrogens with one attached hydrogen (secondary N) is 1. The Morgan fingerprint density at radius 3 is 2.29 bits per heavy atom. The molecule has 0 aliphatic rings. The Morgan fingerprint density at radius 2 is 1.62 bits per heavy atom. The van der Waals surface area contributed by atoms with E-state index in [1.54, 1.807) is 23.1 Å². The van der Waals surface area contributed by atoms with Gasteiger partial charge in [-0.3, -0.25) is 13.9 Å². The Balaban J connectivity index is 1.90. The summed E-state index contributed by atoms with van der Waals surface area (Å²) in [6.07, 6.45) is 3.66. The van der Waals surface area contributed by atoms with E-state index in [9.17, 15) is 18.0 Å². The maximum atomic E-state index is 14.0. The van der Waals surface area contributed by atoms with Crippen LogP contribution in [0, 0.1) is 13.8 Å². The van der Waals surface area contributed by atoms with Gasteiger partial charge in [-0.1, -0.05) is 85.6 Å². The monoisotopic (exact) mass is 611 g/mol. The summed E-state index contributed by atoms with van der Waals surface area (Å²) >= 11 is 6.18. The van der Waals surface area contributed by atoms with Gasteiger partial charge in [-0.2, -0.15) is 0 Å². The largest absolute Gasteiger partial charge is 0.354 e. The van der Waals surface area contributed by atoms with Crippen molar-refractivity contribution in [2.24, 2.45) is 0 Å². The lowest BCUT2D eigenvalue weighted by atomic mass is 10.0. The average molecular weight is 612 g/mol. The van der Waals surface area contributed by atoms with E-state index in [2.05, 4.69) is 12.2 Å². The maximum absolute atomic E-state index is 14.0. The van der Waals surface area contributed by atoms with Crippen LogP contribution in [0.4, 0.5) is 5.69 Å². The summed E-state index contributed by atoms with van der Waals surface area (Å²) in [4.78, 5) is 29.2. The SMILES string of the molecule is CCCCNC(=O)C(Cc1ccccc1)N(Cc1ccccc1C)C(=O)CCCN(c1cc(Cl)ccc1C)S(C)(=O)=O. The highest BCUT2D eigenvalue weighted by atomic mass is 35.5. The molecule has 1 atom stereocenters. The van der Waals surface area contributed by atoms with Crippen LogP contribution in [0.15, 0.2) is 72.8 Å². The molecule has 0 radical (unpaired) electrons. The van der Waals surface area contributed by atoms with Crippen LogP contribution in [0.1, 0.15) is 54.9 Å². The highest BCUT2D eigenvalue weighted by Crippen LogP contribution is 2.27. The lowest BCUT2D eigenvalue weighted by Crippen LogP contribution is -2.50. The van der Waals surface area contributed by atoms with Gasteiger partial charge in [0, 0.05) is 37.5 Å². The number of carbonyl (C=O) groups is 2. The van der Waals surface area contributed by atoms with E-state index in [1.165, 1.54) is 4.31 Å². The molecule has 0 heterocycles. The molecule has 1 N–H and O–H groups in total. The number of halogens is 1. The van der Waals surface area contributed by atoms with Gasteiger partial charge in [-0.15, -0.1) is 0 Å². The van der Waals surface area contributed by atoms with Crippen molar-refractivity contribution in [2.75, 3.05) is 23.7 Å². The molecule has 2 amide bonds. The van der Waals surface area contributed by atoms with Crippen LogP contribution in [0.3, 0.4) is 0 Å². The predicted molar refractivity (Wildman–Crippen MR) is 171 cm³/mol. The number of anilines is 1. The minimum Gasteiger partial charge on any atom is -0.354 e. The minimum atomic E-state index is -3.63. The van der Waals surface area contributed by atoms with Gasteiger partial charge in [0.2, 0.25) is 21.8 Å². The van der Waals surface area contributed by atoms with Crippen LogP contribution in [0.2, 0.25) is 5.02 Å². The highest BCUT2D eigenvalue weighted by Gasteiger charge is 2.31. The molecular formula is C33H42ClN3O4S. The number of aryl methyl sites for hydroxylation is 2. The smallest absolute Gasteiger partial charge is 0.243 e. The molecule has 1 unspecified atom stereocenters. The van der Waals surface area contributed by atoms with Crippen LogP contribution in [-0.4, -0.2) is 50.5 Å². The van der Waals surface area contributed by atoms with Gasteiger partial charge in [-0.05, 0) is 61.1 Å². The molecule has 0 spiro atoms. The second kappa shape index (κ2) is 15.8. The van der Waals surface area contributed by atoms with Crippen LogP contribution in [-0.2, 0) is 32.6 Å². The third-order valence-corrected chi connectivity index (χ3v) is 8.71. The number of rotatable bonds is 15. The third-order valence-electron chi connectivity index (χ3n) is 7.29. The number of unbranched alkanes of at least 4 members (excludes halogenated alkanes) is 1. The summed E-state index contributed by atoms with van der Waals surface area (Å²) in [7, 11) is -3.63. The van der Waals surface area contributed by atoms with Crippen molar-refractivity contribution in [1.29, 1.82) is 0 Å². The molecule has 3 rings (SSSR count). The van der Waals surface area contributed by atoms with Gasteiger partial charge in [0.15, 0.2) is 0 Å². The van der Waals surface area contributed by atoms with Gasteiger partial charge in [0.25, 0.3) is 0 Å². The minimum absolute atomic E-state index is 0.0744. The van der Waals surface area contributed by atoms with Crippen molar-refractivity contribution >= 4 is 39.1 Å². The summed E-state index contributed by atoms with van der Waals surface area (Å²) < 4.78 is 26.8.